The van der Waals surface area contributed by atoms with Gasteiger partial charge in [-0.3, -0.25) is 4.79 Å². The fourth-order valence-electron chi connectivity index (χ4n) is 1.87. The number of rotatable bonds is 3. The van der Waals surface area contributed by atoms with Gasteiger partial charge in [0.2, 0.25) is 5.91 Å². The summed E-state index contributed by atoms with van der Waals surface area (Å²) in [5, 5.41) is 0. The van der Waals surface area contributed by atoms with Crippen molar-refractivity contribution in [1.82, 2.24) is 0 Å². The molecule has 0 unspecified atom stereocenters. The first-order valence-electron chi connectivity index (χ1n) is 6.02. The zero-order chi connectivity index (χ0) is 14.9. The van der Waals surface area contributed by atoms with Gasteiger partial charge in [-0.2, -0.15) is 0 Å². The molecule has 0 aliphatic rings. The molecule has 0 heterocycles. The summed E-state index contributed by atoms with van der Waals surface area (Å²) in [6, 6.07) is 8.52. The monoisotopic (exact) mass is 334 g/mol. The Balaban J connectivity index is 2.39. The van der Waals surface area contributed by atoms with Gasteiger partial charge < -0.3 is 16.2 Å². The van der Waals surface area contributed by atoms with Crippen molar-refractivity contribution in [3.63, 3.8) is 0 Å². The summed E-state index contributed by atoms with van der Waals surface area (Å²) >= 11 is 3.50. The number of hydrogen-bond acceptors (Lipinski definition) is 3. The number of carbonyl (C=O) groups excluding carboxylic acids is 1. The summed E-state index contributed by atoms with van der Waals surface area (Å²) in [7, 11) is 0. The van der Waals surface area contributed by atoms with Gasteiger partial charge in [0.15, 0.2) is 5.75 Å². The maximum atomic E-state index is 11.2. The van der Waals surface area contributed by atoms with Crippen molar-refractivity contribution in [2.75, 3.05) is 5.73 Å². The van der Waals surface area contributed by atoms with E-state index in [0.29, 0.717) is 22.7 Å². The molecule has 5 heteroatoms. The second-order valence-electron chi connectivity index (χ2n) is 4.59. The van der Waals surface area contributed by atoms with Crippen LogP contribution in [-0.4, -0.2) is 5.91 Å². The van der Waals surface area contributed by atoms with Gasteiger partial charge in [-0.25, -0.2) is 0 Å². The van der Waals surface area contributed by atoms with Crippen molar-refractivity contribution in [2.24, 2.45) is 5.73 Å². The zero-order valence-electron chi connectivity index (χ0n) is 11.2. The second-order valence-corrected chi connectivity index (χ2v) is 5.38. The Bertz CT molecular complexity index is 661. The van der Waals surface area contributed by atoms with Crippen LogP contribution in [0.15, 0.2) is 34.8 Å². The lowest BCUT2D eigenvalue weighted by atomic mass is 10.1. The quantitative estimate of drug-likeness (QED) is 0.842. The van der Waals surface area contributed by atoms with E-state index in [1.165, 1.54) is 0 Å². The third kappa shape index (κ3) is 2.93. The van der Waals surface area contributed by atoms with Gasteiger partial charge in [-0.15, -0.1) is 0 Å². The molecule has 0 bridgehead atoms. The lowest BCUT2D eigenvalue weighted by Crippen LogP contribution is -2.11. The molecule has 2 aromatic carbocycles. The van der Waals surface area contributed by atoms with E-state index in [0.717, 1.165) is 15.6 Å². The van der Waals surface area contributed by atoms with Crippen LogP contribution < -0.4 is 16.2 Å². The molecule has 104 valence electrons. The summed E-state index contributed by atoms with van der Waals surface area (Å²) in [4.78, 5) is 11.2. The minimum absolute atomic E-state index is 0.361. The predicted molar refractivity (Wildman–Crippen MR) is 83.1 cm³/mol. The first kappa shape index (κ1) is 14.4. The third-order valence-electron chi connectivity index (χ3n) is 2.94. The standard InChI is InChI=1S/C15H15BrN2O2/c1-8-5-11(6-9(2)14(8)16)20-13-7-10(15(18)19)3-4-12(13)17/h3-7H,17H2,1-2H3,(H2,18,19). The molecule has 0 fully saturated rings. The third-order valence-corrected chi connectivity index (χ3v) is 4.19. The Morgan fingerprint density at radius 1 is 1.15 bits per heavy atom. The van der Waals surface area contributed by atoms with Gasteiger partial charge in [0.05, 0.1) is 5.69 Å². The Hall–Kier alpha value is -2.01. The van der Waals surface area contributed by atoms with Crippen LogP contribution in [0.1, 0.15) is 21.5 Å². The minimum atomic E-state index is -0.516. The number of nitrogens with two attached hydrogens (primary N) is 2. The molecule has 0 aliphatic heterocycles. The number of aryl methyl sites for hydroxylation is 2. The number of primary amides is 1. The molecule has 20 heavy (non-hydrogen) atoms. The Morgan fingerprint density at radius 2 is 1.75 bits per heavy atom. The van der Waals surface area contributed by atoms with Crippen LogP contribution in [-0.2, 0) is 0 Å². The van der Waals surface area contributed by atoms with E-state index in [9.17, 15) is 4.79 Å². The number of ether oxygens (including phenoxy) is 1. The van der Waals surface area contributed by atoms with E-state index in [-0.39, 0.29) is 0 Å². The minimum Gasteiger partial charge on any atom is -0.455 e. The van der Waals surface area contributed by atoms with E-state index in [1.54, 1.807) is 18.2 Å². The molecular weight excluding hydrogens is 320 g/mol. The van der Waals surface area contributed by atoms with E-state index >= 15 is 0 Å². The smallest absolute Gasteiger partial charge is 0.248 e. The molecule has 0 aliphatic carbocycles. The summed E-state index contributed by atoms with van der Waals surface area (Å²) < 4.78 is 6.81. The van der Waals surface area contributed by atoms with Crippen LogP contribution in [0.2, 0.25) is 0 Å². The van der Waals surface area contributed by atoms with Gasteiger partial charge >= 0.3 is 0 Å². The molecule has 4 nitrogen and oxygen atoms in total. The van der Waals surface area contributed by atoms with Gasteiger partial charge in [-0.05, 0) is 55.3 Å². The highest BCUT2D eigenvalue weighted by Gasteiger charge is 2.09. The van der Waals surface area contributed by atoms with Gasteiger partial charge in [0, 0.05) is 10.0 Å². The molecule has 4 N–H and O–H groups in total. The first-order valence-corrected chi connectivity index (χ1v) is 6.81. The number of benzene rings is 2. The summed E-state index contributed by atoms with van der Waals surface area (Å²) in [6.07, 6.45) is 0. The van der Waals surface area contributed by atoms with E-state index in [4.69, 9.17) is 16.2 Å². The largest absolute Gasteiger partial charge is 0.455 e. The summed E-state index contributed by atoms with van der Waals surface area (Å²) in [6.45, 7) is 3.96. The van der Waals surface area contributed by atoms with Crippen LogP contribution in [0.25, 0.3) is 0 Å². The molecule has 0 atom stereocenters. The van der Waals surface area contributed by atoms with Crippen LogP contribution >= 0.6 is 15.9 Å². The van der Waals surface area contributed by atoms with Crippen LogP contribution in [0.3, 0.4) is 0 Å². The van der Waals surface area contributed by atoms with Gasteiger partial charge in [-0.1, -0.05) is 15.9 Å². The highest BCUT2D eigenvalue weighted by Crippen LogP contribution is 2.32. The summed E-state index contributed by atoms with van der Waals surface area (Å²) in [5.74, 6) is 0.567. The number of amides is 1. The molecule has 0 aromatic heterocycles. The predicted octanol–water partition coefficient (Wildman–Crippen LogP) is 3.54. The normalized spacial score (nSPS) is 10.3. The average Bonchev–Trinajstić information content (AvgIpc) is 2.38. The Morgan fingerprint density at radius 3 is 2.30 bits per heavy atom. The molecule has 0 spiro atoms. The lowest BCUT2D eigenvalue weighted by Gasteiger charge is -2.12. The number of carbonyl (C=O) groups is 1. The van der Waals surface area contributed by atoms with Crippen LogP contribution in [0.4, 0.5) is 5.69 Å². The van der Waals surface area contributed by atoms with E-state index in [1.807, 2.05) is 26.0 Å². The topological polar surface area (TPSA) is 78.3 Å². The number of halogens is 1. The lowest BCUT2D eigenvalue weighted by molar-refractivity contribution is 0.1000. The Kier molecular flexibility index (Phi) is 3.99. The van der Waals surface area contributed by atoms with Crippen molar-refractivity contribution in [2.45, 2.75) is 13.8 Å². The Labute approximate surface area is 125 Å². The van der Waals surface area contributed by atoms with Gasteiger partial charge in [0.25, 0.3) is 0 Å². The highest BCUT2D eigenvalue weighted by atomic mass is 79.9. The SMILES string of the molecule is Cc1cc(Oc2cc(C(N)=O)ccc2N)cc(C)c1Br. The molecule has 0 saturated heterocycles. The number of hydrogen-bond donors (Lipinski definition) is 2. The second kappa shape index (κ2) is 5.54. The molecule has 0 saturated carbocycles. The zero-order valence-corrected chi connectivity index (χ0v) is 12.8. The fourth-order valence-corrected chi connectivity index (χ4v) is 2.10. The van der Waals surface area contributed by atoms with Crippen molar-refractivity contribution in [3.05, 3.63) is 51.5 Å². The van der Waals surface area contributed by atoms with Crippen molar-refractivity contribution < 1.29 is 9.53 Å². The number of anilines is 1. The molecular formula is C15H15BrN2O2. The van der Waals surface area contributed by atoms with Crippen molar-refractivity contribution >= 4 is 27.5 Å². The van der Waals surface area contributed by atoms with Crippen LogP contribution in [0, 0.1) is 13.8 Å². The van der Waals surface area contributed by atoms with Crippen LogP contribution in [0.5, 0.6) is 11.5 Å². The molecule has 0 radical (unpaired) electrons. The van der Waals surface area contributed by atoms with Gasteiger partial charge in [0.1, 0.15) is 5.75 Å². The van der Waals surface area contributed by atoms with E-state index < -0.39 is 5.91 Å². The molecule has 2 rings (SSSR count). The highest BCUT2D eigenvalue weighted by molar-refractivity contribution is 9.10. The fraction of sp³-hybridized carbons (Fsp3) is 0.133. The molecule has 2 aromatic rings. The maximum Gasteiger partial charge on any atom is 0.248 e. The summed E-state index contributed by atoms with van der Waals surface area (Å²) in [5.41, 5.74) is 14.0. The average molecular weight is 335 g/mol. The van der Waals surface area contributed by atoms with Crippen molar-refractivity contribution in [1.29, 1.82) is 0 Å². The number of nitrogen functional groups attached to an aromatic ring is 1. The first-order chi connectivity index (χ1) is 9.38. The van der Waals surface area contributed by atoms with Crippen molar-refractivity contribution in [3.8, 4) is 11.5 Å². The maximum absolute atomic E-state index is 11.2. The molecule has 1 amide bonds. The van der Waals surface area contributed by atoms with E-state index in [2.05, 4.69) is 15.9 Å².